The average Bonchev–Trinajstić information content (AvgIpc) is 2.48. The molecular weight excluding hydrogens is 258 g/mol. The normalized spacial score (nSPS) is 19.2. The minimum absolute atomic E-state index is 0.339. The first kappa shape index (κ1) is 14.3. The number of nitrogens with zero attached hydrogens (tertiary/aromatic N) is 2. The first-order valence-electron chi connectivity index (χ1n) is 6.45. The van der Waals surface area contributed by atoms with E-state index in [9.17, 15) is 4.79 Å². The number of benzene rings is 1. The molecular formula is C14H17N3O3. The number of carbonyl (C=O) groups excluding carboxylic acids is 1. The van der Waals surface area contributed by atoms with Crippen LogP contribution in [0.2, 0.25) is 0 Å². The highest BCUT2D eigenvalue weighted by molar-refractivity contribution is 5.80. The summed E-state index contributed by atoms with van der Waals surface area (Å²) in [7, 11) is 0. The second-order valence-corrected chi connectivity index (χ2v) is 4.51. The van der Waals surface area contributed by atoms with Gasteiger partial charge in [0.2, 0.25) is 5.91 Å². The predicted octanol–water partition coefficient (Wildman–Crippen LogP) is 0.123. The molecule has 1 aromatic rings. The van der Waals surface area contributed by atoms with Crippen molar-refractivity contribution in [1.29, 1.82) is 5.26 Å². The fraction of sp³-hybridized carbons (Fsp3) is 0.429. The number of rotatable bonds is 5. The maximum absolute atomic E-state index is 11.3. The third-order valence-corrected chi connectivity index (χ3v) is 3.20. The highest BCUT2D eigenvalue weighted by Crippen LogP contribution is 2.12. The molecule has 1 unspecified atom stereocenters. The molecule has 2 rings (SSSR count). The standard InChI is InChI=1S/C14H17N3O3/c15-9-11-1-3-12(4-2-11)20-8-6-17-5-7-19-10-13(17)14(16)18/h1-4,13H,5-8,10H2,(H2,16,18). The Bertz CT molecular complexity index is 495. The van der Waals surface area contributed by atoms with Gasteiger partial charge in [0.25, 0.3) is 0 Å². The third kappa shape index (κ3) is 3.70. The van der Waals surface area contributed by atoms with E-state index >= 15 is 0 Å². The lowest BCUT2D eigenvalue weighted by molar-refractivity contribution is -0.129. The van der Waals surface area contributed by atoms with Gasteiger partial charge in [-0.2, -0.15) is 5.26 Å². The van der Waals surface area contributed by atoms with Crippen molar-refractivity contribution in [3.05, 3.63) is 29.8 Å². The van der Waals surface area contributed by atoms with Crippen molar-refractivity contribution in [3.8, 4) is 11.8 Å². The second kappa shape index (κ2) is 6.89. The number of hydrogen-bond donors (Lipinski definition) is 1. The summed E-state index contributed by atoms with van der Waals surface area (Å²) in [6.07, 6.45) is 0. The molecule has 0 radical (unpaired) electrons. The van der Waals surface area contributed by atoms with Crippen LogP contribution in [0.15, 0.2) is 24.3 Å². The van der Waals surface area contributed by atoms with Crippen LogP contribution in [-0.2, 0) is 9.53 Å². The van der Waals surface area contributed by atoms with E-state index < -0.39 is 0 Å². The van der Waals surface area contributed by atoms with Gasteiger partial charge in [-0.15, -0.1) is 0 Å². The largest absolute Gasteiger partial charge is 0.492 e. The van der Waals surface area contributed by atoms with Crippen LogP contribution in [0.3, 0.4) is 0 Å². The van der Waals surface area contributed by atoms with Crippen LogP contribution in [-0.4, -0.2) is 49.8 Å². The summed E-state index contributed by atoms with van der Waals surface area (Å²) in [5.41, 5.74) is 5.94. The molecule has 106 valence electrons. The van der Waals surface area contributed by atoms with Gasteiger partial charge in [0.05, 0.1) is 24.8 Å². The molecule has 1 saturated heterocycles. The Kier molecular flexibility index (Phi) is 4.93. The Hall–Kier alpha value is -2.10. The van der Waals surface area contributed by atoms with E-state index in [4.69, 9.17) is 20.5 Å². The Labute approximate surface area is 117 Å². The number of hydrogen-bond acceptors (Lipinski definition) is 5. The van der Waals surface area contributed by atoms with E-state index in [2.05, 4.69) is 6.07 Å². The Morgan fingerprint density at radius 1 is 1.50 bits per heavy atom. The molecule has 0 aliphatic carbocycles. The molecule has 1 aromatic carbocycles. The molecule has 1 atom stereocenters. The molecule has 0 spiro atoms. The van der Waals surface area contributed by atoms with E-state index in [1.165, 1.54) is 0 Å². The minimum Gasteiger partial charge on any atom is -0.492 e. The van der Waals surface area contributed by atoms with E-state index in [1.54, 1.807) is 24.3 Å². The summed E-state index contributed by atoms with van der Waals surface area (Å²) in [4.78, 5) is 13.3. The number of morpholine rings is 1. The zero-order valence-electron chi connectivity index (χ0n) is 11.1. The predicted molar refractivity (Wildman–Crippen MR) is 72.0 cm³/mol. The van der Waals surface area contributed by atoms with Gasteiger partial charge in [0, 0.05) is 13.1 Å². The van der Waals surface area contributed by atoms with Crippen LogP contribution < -0.4 is 10.5 Å². The average molecular weight is 275 g/mol. The molecule has 0 saturated carbocycles. The minimum atomic E-state index is -0.381. The summed E-state index contributed by atoms with van der Waals surface area (Å²) in [5.74, 6) is 0.330. The number of nitrogens with two attached hydrogens (primary N) is 1. The Balaban J connectivity index is 1.82. The van der Waals surface area contributed by atoms with Crippen molar-refractivity contribution in [2.45, 2.75) is 6.04 Å². The van der Waals surface area contributed by atoms with Gasteiger partial charge in [-0.25, -0.2) is 0 Å². The van der Waals surface area contributed by atoms with Crippen LogP contribution >= 0.6 is 0 Å². The van der Waals surface area contributed by atoms with Crippen LogP contribution in [0.5, 0.6) is 5.75 Å². The number of primary amides is 1. The lowest BCUT2D eigenvalue weighted by atomic mass is 10.2. The first-order chi connectivity index (χ1) is 9.70. The monoisotopic (exact) mass is 275 g/mol. The van der Waals surface area contributed by atoms with Crippen LogP contribution in [0.25, 0.3) is 0 Å². The summed E-state index contributed by atoms with van der Waals surface area (Å²) >= 11 is 0. The van der Waals surface area contributed by atoms with Crippen LogP contribution in [0.1, 0.15) is 5.56 Å². The zero-order chi connectivity index (χ0) is 14.4. The van der Waals surface area contributed by atoms with Gasteiger partial charge in [-0.3, -0.25) is 9.69 Å². The van der Waals surface area contributed by atoms with E-state index in [-0.39, 0.29) is 11.9 Å². The number of carbonyl (C=O) groups is 1. The van der Waals surface area contributed by atoms with Crippen molar-refractivity contribution in [3.63, 3.8) is 0 Å². The quantitative estimate of drug-likeness (QED) is 0.824. The fourth-order valence-electron chi connectivity index (χ4n) is 2.07. The highest BCUT2D eigenvalue weighted by atomic mass is 16.5. The van der Waals surface area contributed by atoms with Crippen molar-refractivity contribution in [1.82, 2.24) is 4.90 Å². The zero-order valence-corrected chi connectivity index (χ0v) is 11.1. The summed E-state index contributed by atoms with van der Waals surface area (Å²) in [5, 5.41) is 8.70. The molecule has 0 aromatic heterocycles. The van der Waals surface area contributed by atoms with Gasteiger partial charge in [0.15, 0.2) is 0 Å². The molecule has 6 heteroatoms. The van der Waals surface area contributed by atoms with E-state index in [0.29, 0.717) is 44.2 Å². The van der Waals surface area contributed by atoms with Crippen LogP contribution in [0, 0.1) is 11.3 Å². The number of ether oxygens (including phenoxy) is 2. The fourth-order valence-corrected chi connectivity index (χ4v) is 2.07. The molecule has 1 heterocycles. The van der Waals surface area contributed by atoms with Crippen molar-refractivity contribution < 1.29 is 14.3 Å². The summed E-state index contributed by atoms with van der Waals surface area (Å²) in [6, 6.07) is 8.59. The number of amides is 1. The summed E-state index contributed by atoms with van der Waals surface area (Å²) < 4.78 is 10.8. The Morgan fingerprint density at radius 2 is 2.25 bits per heavy atom. The molecule has 1 aliphatic heterocycles. The molecule has 1 fully saturated rings. The van der Waals surface area contributed by atoms with Crippen molar-refractivity contribution in [2.24, 2.45) is 5.73 Å². The third-order valence-electron chi connectivity index (χ3n) is 3.20. The van der Waals surface area contributed by atoms with Crippen molar-refractivity contribution in [2.75, 3.05) is 32.9 Å². The highest BCUT2D eigenvalue weighted by Gasteiger charge is 2.27. The molecule has 1 amide bonds. The first-order valence-corrected chi connectivity index (χ1v) is 6.45. The van der Waals surface area contributed by atoms with E-state index in [1.807, 2.05) is 4.90 Å². The maximum Gasteiger partial charge on any atom is 0.237 e. The second-order valence-electron chi connectivity index (χ2n) is 4.51. The van der Waals surface area contributed by atoms with Gasteiger partial charge in [-0.05, 0) is 24.3 Å². The molecule has 1 aliphatic rings. The lowest BCUT2D eigenvalue weighted by Crippen LogP contribution is -2.53. The van der Waals surface area contributed by atoms with Gasteiger partial charge in [-0.1, -0.05) is 0 Å². The topological polar surface area (TPSA) is 88.6 Å². The lowest BCUT2D eigenvalue weighted by Gasteiger charge is -2.33. The van der Waals surface area contributed by atoms with E-state index in [0.717, 1.165) is 0 Å². The summed E-state index contributed by atoms with van der Waals surface area (Å²) in [6.45, 7) is 2.67. The van der Waals surface area contributed by atoms with Gasteiger partial charge in [0.1, 0.15) is 18.4 Å². The maximum atomic E-state index is 11.3. The van der Waals surface area contributed by atoms with Gasteiger partial charge >= 0.3 is 0 Å². The van der Waals surface area contributed by atoms with Crippen molar-refractivity contribution >= 4 is 5.91 Å². The molecule has 2 N–H and O–H groups in total. The smallest absolute Gasteiger partial charge is 0.237 e. The van der Waals surface area contributed by atoms with Crippen LogP contribution in [0.4, 0.5) is 0 Å². The molecule has 20 heavy (non-hydrogen) atoms. The van der Waals surface area contributed by atoms with Gasteiger partial charge < -0.3 is 15.2 Å². The SMILES string of the molecule is N#Cc1ccc(OCCN2CCOCC2C(N)=O)cc1. The number of nitriles is 1. The Morgan fingerprint density at radius 3 is 2.90 bits per heavy atom. The molecule has 0 bridgehead atoms. The molecule has 6 nitrogen and oxygen atoms in total.